The highest BCUT2D eigenvalue weighted by atomic mass is 16.5. The van der Waals surface area contributed by atoms with Gasteiger partial charge in [-0.1, -0.05) is 38.1 Å². The highest BCUT2D eigenvalue weighted by Gasteiger charge is 2.15. The average molecular weight is 263 g/mol. The first-order valence-corrected chi connectivity index (χ1v) is 7.50. The topological polar surface area (TPSA) is 21.3 Å². The van der Waals surface area contributed by atoms with Crippen molar-refractivity contribution in [3.63, 3.8) is 0 Å². The number of nitrogens with one attached hydrogen (secondary N) is 1. The van der Waals surface area contributed by atoms with Crippen molar-refractivity contribution in [2.24, 2.45) is 0 Å². The van der Waals surface area contributed by atoms with Crippen LogP contribution >= 0.6 is 0 Å². The van der Waals surface area contributed by atoms with Gasteiger partial charge < -0.3 is 10.1 Å². The van der Waals surface area contributed by atoms with Gasteiger partial charge in [0.1, 0.15) is 0 Å². The smallest absolute Gasteiger partial charge is 0.0726 e. The normalized spacial score (nSPS) is 11.8. The first-order chi connectivity index (χ1) is 9.09. The standard InChI is InChI=1S/C17H29NO/c1-5-12-18-13-11-15-9-7-8-10-16(15)14-19-17(3,4)6-2/h7-10,18H,5-6,11-14H2,1-4H3. The van der Waals surface area contributed by atoms with E-state index in [4.69, 9.17) is 4.74 Å². The van der Waals surface area contributed by atoms with Gasteiger partial charge in [0, 0.05) is 0 Å². The van der Waals surface area contributed by atoms with E-state index in [2.05, 4.69) is 57.3 Å². The minimum atomic E-state index is -0.0342. The first kappa shape index (κ1) is 16.2. The van der Waals surface area contributed by atoms with E-state index in [1.54, 1.807) is 0 Å². The van der Waals surface area contributed by atoms with Crippen LogP contribution in [0.15, 0.2) is 24.3 Å². The predicted octanol–water partition coefficient (Wildman–Crippen LogP) is 3.93. The predicted molar refractivity (Wildman–Crippen MR) is 82.5 cm³/mol. The van der Waals surface area contributed by atoms with Crippen molar-refractivity contribution < 1.29 is 4.74 Å². The summed E-state index contributed by atoms with van der Waals surface area (Å²) in [6, 6.07) is 8.61. The molecule has 0 unspecified atom stereocenters. The maximum atomic E-state index is 6.01. The van der Waals surface area contributed by atoms with Gasteiger partial charge in [0.2, 0.25) is 0 Å². The molecule has 0 aromatic heterocycles. The summed E-state index contributed by atoms with van der Waals surface area (Å²) < 4.78 is 6.01. The van der Waals surface area contributed by atoms with Crippen LogP contribution < -0.4 is 5.32 Å². The Labute approximate surface area is 118 Å². The van der Waals surface area contributed by atoms with Crippen LogP contribution in [-0.4, -0.2) is 18.7 Å². The molecule has 1 aromatic rings. The first-order valence-electron chi connectivity index (χ1n) is 7.50. The lowest BCUT2D eigenvalue weighted by Crippen LogP contribution is -2.23. The fourth-order valence-electron chi connectivity index (χ4n) is 1.84. The molecule has 0 radical (unpaired) electrons. The molecule has 0 spiro atoms. The maximum Gasteiger partial charge on any atom is 0.0726 e. The highest BCUT2D eigenvalue weighted by Crippen LogP contribution is 2.18. The van der Waals surface area contributed by atoms with E-state index in [0.29, 0.717) is 6.61 Å². The van der Waals surface area contributed by atoms with E-state index in [0.717, 1.165) is 25.9 Å². The van der Waals surface area contributed by atoms with Crippen LogP contribution in [0.2, 0.25) is 0 Å². The van der Waals surface area contributed by atoms with Gasteiger partial charge in [-0.15, -0.1) is 0 Å². The van der Waals surface area contributed by atoms with Crippen molar-refractivity contribution in [3.8, 4) is 0 Å². The van der Waals surface area contributed by atoms with Crippen molar-refractivity contribution in [1.82, 2.24) is 5.32 Å². The number of benzene rings is 1. The zero-order chi connectivity index (χ0) is 14.1. The van der Waals surface area contributed by atoms with Crippen molar-refractivity contribution in [1.29, 1.82) is 0 Å². The number of rotatable bonds is 9. The summed E-state index contributed by atoms with van der Waals surface area (Å²) >= 11 is 0. The summed E-state index contributed by atoms with van der Waals surface area (Å²) in [6.07, 6.45) is 3.30. The summed E-state index contributed by atoms with van der Waals surface area (Å²) in [4.78, 5) is 0. The van der Waals surface area contributed by atoms with Crippen molar-refractivity contribution in [2.45, 2.75) is 59.2 Å². The van der Waals surface area contributed by atoms with Crippen LogP contribution in [-0.2, 0) is 17.8 Å². The Morgan fingerprint density at radius 3 is 2.37 bits per heavy atom. The summed E-state index contributed by atoms with van der Waals surface area (Å²) in [5, 5.41) is 3.45. The van der Waals surface area contributed by atoms with E-state index in [9.17, 15) is 0 Å². The minimum Gasteiger partial charge on any atom is -0.371 e. The minimum absolute atomic E-state index is 0.0342. The quantitative estimate of drug-likeness (QED) is 0.682. The zero-order valence-corrected chi connectivity index (χ0v) is 13.0. The second-order valence-corrected chi connectivity index (χ2v) is 5.67. The Bertz CT molecular complexity index is 360. The molecule has 0 bridgehead atoms. The molecular formula is C17H29NO. The Morgan fingerprint density at radius 1 is 1.05 bits per heavy atom. The van der Waals surface area contributed by atoms with E-state index in [1.165, 1.54) is 17.5 Å². The molecular weight excluding hydrogens is 234 g/mol. The molecule has 0 aliphatic rings. The van der Waals surface area contributed by atoms with Crippen molar-refractivity contribution in [3.05, 3.63) is 35.4 Å². The molecule has 0 heterocycles. The summed E-state index contributed by atoms with van der Waals surface area (Å²) in [6.45, 7) is 11.5. The van der Waals surface area contributed by atoms with Gasteiger partial charge in [-0.2, -0.15) is 0 Å². The van der Waals surface area contributed by atoms with Gasteiger partial charge in [-0.05, 0) is 57.3 Å². The number of ether oxygens (including phenoxy) is 1. The lowest BCUT2D eigenvalue weighted by atomic mass is 10.0. The maximum absolute atomic E-state index is 6.01. The van der Waals surface area contributed by atoms with E-state index in [1.807, 2.05) is 0 Å². The van der Waals surface area contributed by atoms with Crippen LogP contribution in [0.4, 0.5) is 0 Å². The van der Waals surface area contributed by atoms with Gasteiger partial charge in [-0.3, -0.25) is 0 Å². The molecule has 0 amide bonds. The largest absolute Gasteiger partial charge is 0.371 e. The average Bonchev–Trinajstić information content (AvgIpc) is 2.42. The lowest BCUT2D eigenvalue weighted by Gasteiger charge is -2.24. The Kier molecular flexibility index (Phi) is 7.11. The Balaban J connectivity index is 2.53. The van der Waals surface area contributed by atoms with Crippen molar-refractivity contribution >= 4 is 0 Å². The Hall–Kier alpha value is -0.860. The molecule has 1 aromatic carbocycles. The van der Waals surface area contributed by atoms with Crippen LogP contribution in [0.25, 0.3) is 0 Å². The van der Waals surface area contributed by atoms with Crippen LogP contribution in [0.1, 0.15) is 51.7 Å². The number of hydrogen-bond donors (Lipinski definition) is 1. The third-order valence-electron chi connectivity index (χ3n) is 3.59. The van der Waals surface area contributed by atoms with Gasteiger partial charge in [0.05, 0.1) is 12.2 Å². The second-order valence-electron chi connectivity index (χ2n) is 5.67. The monoisotopic (exact) mass is 263 g/mol. The lowest BCUT2D eigenvalue weighted by molar-refractivity contribution is -0.0318. The molecule has 0 aliphatic heterocycles. The van der Waals surface area contributed by atoms with Crippen LogP contribution in [0, 0.1) is 0 Å². The molecule has 2 heteroatoms. The molecule has 1 N–H and O–H groups in total. The van der Waals surface area contributed by atoms with Gasteiger partial charge >= 0.3 is 0 Å². The van der Waals surface area contributed by atoms with Gasteiger partial charge in [0.15, 0.2) is 0 Å². The fourth-order valence-corrected chi connectivity index (χ4v) is 1.84. The molecule has 2 nitrogen and oxygen atoms in total. The second kappa shape index (κ2) is 8.34. The Morgan fingerprint density at radius 2 is 1.74 bits per heavy atom. The molecule has 0 saturated heterocycles. The van der Waals surface area contributed by atoms with Gasteiger partial charge in [-0.25, -0.2) is 0 Å². The third kappa shape index (κ3) is 6.22. The zero-order valence-electron chi connectivity index (χ0n) is 13.0. The molecule has 0 aliphatic carbocycles. The van der Waals surface area contributed by atoms with Crippen LogP contribution in [0.5, 0.6) is 0 Å². The molecule has 108 valence electrons. The highest BCUT2D eigenvalue weighted by molar-refractivity contribution is 5.26. The summed E-state index contributed by atoms with van der Waals surface area (Å²) in [5.74, 6) is 0. The molecule has 0 atom stereocenters. The van der Waals surface area contributed by atoms with Gasteiger partial charge in [0.25, 0.3) is 0 Å². The molecule has 0 saturated carbocycles. The van der Waals surface area contributed by atoms with Crippen LogP contribution in [0.3, 0.4) is 0 Å². The summed E-state index contributed by atoms with van der Waals surface area (Å²) in [7, 11) is 0. The van der Waals surface area contributed by atoms with Crippen molar-refractivity contribution in [2.75, 3.05) is 13.1 Å². The molecule has 0 fully saturated rings. The van der Waals surface area contributed by atoms with E-state index in [-0.39, 0.29) is 5.60 Å². The third-order valence-corrected chi connectivity index (χ3v) is 3.59. The van der Waals surface area contributed by atoms with E-state index >= 15 is 0 Å². The molecule has 19 heavy (non-hydrogen) atoms. The SMILES string of the molecule is CCCNCCc1ccccc1COC(C)(C)CC. The van der Waals surface area contributed by atoms with E-state index < -0.39 is 0 Å². The number of hydrogen-bond acceptors (Lipinski definition) is 2. The fraction of sp³-hybridized carbons (Fsp3) is 0.647. The summed E-state index contributed by atoms with van der Waals surface area (Å²) in [5.41, 5.74) is 2.69. The molecule has 1 rings (SSSR count).